The first-order valence-corrected chi connectivity index (χ1v) is 5.80. The van der Waals surface area contributed by atoms with Crippen LogP contribution in [-0.4, -0.2) is 16.0 Å². The SMILES string of the molecule is Cc1ccc(Oc2ncccc2/C(N)=N/O)cc1C. The maximum atomic E-state index is 8.74. The van der Waals surface area contributed by atoms with Gasteiger partial charge in [-0.3, -0.25) is 0 Å². The molecule has 3 N–H and O–H groups in total. The number of benzene rings is 1. The molecule has 0 aliphatic carbocycles. The minimum atomic E-state index is -0.0352. The molecule has 19 heavy (non-hydrogen) atoms. The third-order valence-corrected chi connectivity index (χ3v) is 2.85. The van der Waals surface area contributed by atoms with Gasteiger partial charge in [0.05, 0.1) is 5.56 Å². The van der Waals surface area contributed by atoms with Crippen molar-refractivity contribution in [3.8, 4) is 11.6 Å². The zero-order valence-corrected chi connectivity index (χ0v) is 10.8. The quantitative estimate of drug-likeness (QED) is 0.383. The summed E-state index contributed by atoms with van der Waals surface area (Å²) in [6, 6.07) is 9.11. The van der Waals surface area contributed by atoms with Crippen LogP contribution in [0.25, 0.3) is 0 Å². The second-order valence-corrected chi connectivity index (χ2v) is 4.19. The molecule has 1 aromatic carbocycles. The van der Waals surface area contributed by atoms with Gasteiger partial charge < -0.3 is 15.7 Å². The molecule has 0 saturated carbocycles. The van der Waals surface area contributed by atoms with E-state index in [2.05, 4.69) is 10.1 Å². The summed E-state index contributed by atoms with van der Waals surface area (Å²) in [4.78, 5) is 4.10. The third kappa shape index (κ3) is 2.82. The summed E-state index contributed by atoms with van der Waals surface area (Å²) < 4.78 is 5.69. The van der Waals surface area contributed by atoms with Gasteiger partial charge in [-0.25, -0.2) is 4.98 Å². The number of nitrogens with two attached hydrogens (primary N) is 1. The number of hydrogen-bond donors (Lipinski definition) is 2. The summed E-state index contributed by atoms with van der Waals surface area (Å²) >= 11 is 0. The fraction of sp³-hybridized carbons (Fsp3) is 0.143. The highest BCUT2D eigenvalue weighted by molar-refractivity contribution is 5.99. The third-order valence-electron chi connectivity index (χ3n) is 2.85. The van der Waals surface area contributed by atoms with Gasteiger partial charge in [0.1, 0.15) is 5.75 Å². The molecule has 0 unspecified atom stereocenters. The summed E-state index contributed by atoms with van der Waals surface area (Å²) in [6.45, 7) is 4.03. The lowest BCUT2D eigenvalue weighted by Crippen LogP contribution is -2.14. The van der Waals surface area contributed by atoms with Crippen LogP contribution < -0.4 is 10.5 Å². The van der Waals surface area contributed by atoms with Crippen molar-refractivity contribution in [2.45, 2.75) is 13.8 Å². The van der Waals surface area contributed by atoms with Gasteiger partial charge in [-0.05, 0) is 49.2 Å². The number of aryl methyl sites for hydroxylation is 2. The molecular formula is C14H15N3O2. The van der Waals surface area contributed by atoms with Gasteiger partial charge in [0.2, 0.25) is 5.88 Å². The van der Waals surface area contributed by atoms with E-state index in [0.717, 1.165) is 5.56 Å². The first-order chi connectivity index (χ1) is 9.11. The van der Waals surface area contributed by atoms with Gasteiger partial charge in [0.15, 0.2) is 5.84 Å². The van der Waals surface area contributed by atoms with Crippen LogP contribution in [0.1, 0.15) is 16.7 Å². The van der Waals surface area contributed by atoms with Crippen molar-refractivity contribution in [1.82, 2.24) is 4.98 Å². The standard InChI is InChI=1S/C14H15N3O2/c1-9-5-6-11(8-10(9)2)19-14-12(13(15)17-18)4-3-7-16-14/h3-8,18H,1-2H3,(H2,15,17). The van der Waals surface area contributed by atoms with Gasteiger partial charge in [0, 0.05) is 6.20 Å². The lowest BCUT2D eigenvalue weighted by Gasteiger charge is -2.10. The lowest BCUT2D eigenvalue weighted by atomic mass is 10.1. The van der Waals surface area contributed by atoms with Crippen LogP contribution in [0.3, 0.4) is 0 Å². The van der Waals surface area contributed by atoms with Crippen molar-refractivity contribution < 1.29 is 9.94 Å². The summed E-state index contributed by atoms with van der Waals surface area (Å²) in [5.74, 6) is 0.932. The minimum absolute atomic E-state index is 0.0352. The van der Waals surface area contributed by atoms with Crippen LogP contribution in [0.4, 0.5) is 0 Å². The molecule has 98 valence electrons. The molecular weight excluding hydrogens is 242 g/mol. The molecule has 0 bridgehead atoms. The Morgan fingerprint density at radius 1 is 1.26 bits per heavy atom. The van der Waals surface area contributed by atoms with Crippen molar-refractivity contribution >= 4 is 5.84 Å². The number of amidine groups is 1. The molecule has 0 atom stereocenters. The Bertz CT molecular complexity index is 624. The molecule has 1 aromatic heterocycles. The van der Waals surface area contributed by atoms with Crippen LogP contribution in [0.2, 0.25) is 0 Å². The summed E-state index contributed by atoms with van der Waals surface area (Å²) in [7, 11) is 0. The highest BCUT2D eigenvalue weighted by Crippen LogP contribution is 2.24. The molecule has 0 spiro atoms. The average molecular weight is 257 g/mol. The summed E-state index contributed by atoms with van der Waals surface area (Å²) in [6.07, 6.45) is 1.59. The number of rotatable bonds is 3. The predicted molar refractivity (Wildman–Crippen MR) is 72.7 cm³/mol. The largest absolute Gasteiger partial charge is 0.438 e. The Balaban J connectivity index is 2.35. The summed E-state index contributed by atoms with van der Waals surface area (Å²) in [5, 5.41) is 11.7. The molecule has 1 heterocycles. The second-order valence-electron chi connectivity index (χ2n) is 4.19. The van der Waals surface area contributed by atoms with Crippen LogP contribution in [0.5, 0.6) is 11.6 Å². The van der Waals surface area contributed by atoms with Gasteiger partial charge in [-0.15, -0.1) is 0 Å². The fourth-order valence-corrected chi connectivity index (χ4v) is 1.61. The number of pyridine rings is 1. The monoisotopic (exact) mass is 257 g/mol. The second kappa shape index (κ2) is 5.39. The van der Waals surface area contributed by atoms with E-state index in [-0.39, 0.29) is 5.84 Å². The molecule has 5 heteroatoms. The Labute approximate surface area is 111 Å². The first-order valence-electron chi connectivity index (χ1n) is 5.80. The van der Waals surface area contributed by atoms with E-state index < -0.39 is 0 Å². The molecule has 0 fully saturated rings. The smallest absolute Gasteiger partial charge is 0.230 e. The minimum Gasteiger partial charge on any atom is -0.438 e. The van der Waals surface area contributed by atoms with E-state index >= 15 is 0 Å². The van der Waals surface area contributed by atoms with Crippen molar-refractivity contribution in [3.63, 3.8) is 0 Å². The van der Waals surface area contributed by atoms with Crippen LogP contribution in [0, 0.1) is 13.8 Å². The molecule has 5 nitrogen and oxygen atoms in total. The molecule has 0 amide bonds. The normalized spacial score (nSPS) is 11.4. The van der Waals surface area contributed by atoms with E-state index in [1.165, 1.54) is 5.56 Å². The van der Waals surface area contributed by atoms with E-state index in [0.29, 0.717) is 17.2 Å². The molecule has 0 aliphatic rings. The maximum absolute atomic E-state index is 8.74. The maximum Gasteiger partial charge on any atom is 0.230 e. The Morgan fingerprint density at radius 2 is 2.05 bits per heavy atom. The molecule has 2 aromatic rings. The Hall–Kier alpha value is -2.56. The van der Waals surface area contributed by atoms with Crippen LogP contribution >= 0.6 is 0 Å². The molecule has 0 saturated heterocycles. The van der Waals surface area contributed by atoms with Crippen LogP contribution in [-0.2, 0) is 0 Å². The van der Waals surface area contributed by atoms with Crippen LogP contribution in [0.15, 0.2) is 41.7 Å². The van der Waals surface area contributed by atoms with Crippen molar-refractivity contribution in [1.29, 1.82) is 0 Å². The highest BCUT2D eigenvalue weighted by Gasteiger charge is 2.10. The number of oxime groups is 1. The van der Waals surface area contributed by atoms with E-state index in [1.807, 2.05) is 32.0 Å². The van der Waals surface area contributed by atoms with Gasteiger partial charge >= 0.3 is 0 Å². The summed E-state index contributed by atoms with van der Waals surface area (Å²) in [5.41, 5.74) is 8.34. The van der Waals surface area contributed by atoms with Crippen molar-refractivity contribution in [2.24, 2.45) is 10.9 Å². The zero-order valence-electron chi connectivity index (χ0n) is 10.8. The van der Waals surface area contributed by atoms with E-state index in [4.69, 9.17) is 15.7 Å². The van der Waals surface area contributed by atoms with E-state index in [1.54, 1.807) is 18.3 Å². The van der Waals surface area contributed by atoms with Gasteiger partial charge in [-0.2, -0.15) is 0 Å². The van der Waals surface area contributed by atoms with Crippen molar-refractivity contribution in [3.05, 3.63) is 53.2 Å². The average Bonchev–Trinajstić information content (AvgIpc) is 2.43. The van der Waals surface area contributed by atoms with Gasteiger partial charge in [-0.1, -0.05) is 11.2 Å². The number of nitrogens with zero attached hydrogens (tertiary/aromatic N) is 2. The topological polar surface area (TPSA) is 80.7 Å². The van der Waals surface area contributed by atoms with E-state index in [9.17, 15) is 0 Å². The predicted octanol–water partition coefficient (Wildman–Crippen LogP) is 2.59. The Morgan fingerprint density at radius 3 is 2.74 bits per heavy atom. The van der Waals surface area contributed by atoms with Crippen molar-refractivity contribution in [2.75, 3.05) is 0 Å². The highest BCUT2D eigenvalue weighted by atomic mass is 16.5. The van der Waals surface area contributed by atoms with Gasteiger partial charge in [0.25, 0.3) is 0 Å². The molecule has 0 radical (unpaired) electrons. The molecule has 0 aliphatic heterocycles. The lowest BCUT2D eigenvalue weighted by molar-refractivity contribution is 0.318. The zero-order chi connectivity index (χ0) is 13.8. The fourth-order valence-electron chi connectivity index (χ4n) is 1.61. The Kier molecular flexibility index (Phi) is 3.66. The number of hydrogen-bond acceptors (Lipinski definition) is 4. The number of aromatic nitrogens is 1. The molecule has 2 rings (SSSR count). The first kappa shape index (κ1) is 12.9. The number of ether oxygens (including phenoxy) is 1.